The summed E-state index contributed by atoms with van der Waals surface area (Å²) in [5.41, 5.74) is 5.62. The first-order chi connectivity index (χ1) is 7.23. The van der Waals surface area contributed by atoms with Crippen LogP contribution in [-0.2, 0) is 6.18 Å². The Labute approximate surface area is 97.4 Å². The third-order valence-electron chi connectivity index (χ3n) is 2.40. The molecular formula is C11H13ClF3N. The highest BCUT2D eigenvalue weighted by atomic mass is 35.5. The lowest BCUT2D eigenvalue weighted by Crippen LogP contribution is -2.17. The average molecular weight is 252 g/mol. The number of rotatable bonds is 2. The van der Waals surface area contributed by atoms with Crippen LogP contribution in [0.5, 0.6) is 0 Å². The molecule has 0 amide bonds. The minimum atomic E-state index is -4.42. The van der Waals surface area contributed by atoms with E-state index in [2.05, 4.69) is 0 Å². The molecule has 0 aliphatic rings. The predicted octanol–water partition coefficient (Wildman–Crippen LogP) is 4.01. The van der Waals surface area contributed by atoms with Crippen LogP contribution in [0.25, 0.3) is 0 Å². The molecule has 1 nitrogen and oxygen atoms in total. The van der Waals surface area contributed by atoms with Crippen LogP contribution in [0.15, 0.2) is 18.2 Å². The zero-order valence-electron chi connectivity index (χ0n) is 8.98. The van der Waals surface area contributed by atoms with Gasteiger partial charge in [0.15, 0.2) is 0 Å². The Morgan fingerprint density at radius 1 is 1.25 bits per heavy atom. The summed E-state index contributed by atoms with van der Waals surface area (Å²) in [5.74, 6) is 0.146. The summed E-state index contributed by atoms with van der Waals surface area (Å²) in [4.78, 5) is 0. The molecule has 0 saturated carbocycles. The molecule has 1 rings (SSSR count). The molecule has 16 heavy (non-hydrogen) atoms. The fourth-order valence-electron chi connectivity index (χ4n) is 1.35. The maximum absolute atomic E-state index is 12.4. The molecule has 0 unspecified atom stereocenters. The molecule has 0 radical (unpaired) electrons. The fraction of sp³-hybridized carbons (Fsp3) is 0.455. The van der Waals surface area contributed by atoms with Crippen molar-refractivity contribution in [3.63, 3.8) is 0 Å². The first-order valence-electron chi connectivity index (χ1n) is 4.85. The van der Waals surface area contributed by atoms with Crippen LogP contribution in [0.1, 0.15) is 31.0 Å². The lowest BCUT2D eigenvalue weighted by Gasteiger charge is -2.17. The molecule has 0 aliphatic carbocycles. The van der Waals surface area contributed by atoms with E-state index in [9.17, 15) is 13.2 Å². The molecule has 0 saturated heterocycles. The van der Waals surface area contributed by atoms with Gasteiger partial charge in [0.05, 0.1) is 10.6 Å². The Balaban J connectivity index is 3.09. The van der Waals surface area contributed by atoms with Crippen LogP contribution in [0, 0.1) is 5.92 Å². The zero-order valence-corrected chi connectivity index (χ0v) is 9.73. The Kier molecular flexibility index (Phi) is 3.86. The van der Waals surface area contributed by atoms with Crippen molar-refractivity contribution in [1.82, 2.24) is 0 Å². The van der Waals surface area contributed by atoms with Crippen molar-refractivity contribution in [3.8, 4) is 0 Å². The van der Waals surface area contributed by atoms with E-state index in [1.807, 2.05) is 13.8 Å². The van der Waals surface area contributed by atoms with Gasteiger partial charge in [-0.3, -0.25) is 0 Å². The van der Waals surface area contributed by atoms with Gasteiger partial charge >= 0.3 is 6.18 Å². The molecule has 0 spiro atoms. The van der Waals surface area contributed by atoms with Crippen LogP contribution < -0.4 is 5.73 Å². The van der Waals surface area contributed by atoms with E-state index in [-0.39, 0.29) is 17.0 Å². The van der Waals surface area contributed by atoms with Crippen molar-refractivity contribution in [2.24, 2.45) is 11.7 Å². The summed E-state index contributed by atoms with van der Waals surface area (Å²) in [5, 5.41) is -0.305. The van der Waals surface area contributed by atoms with Gasteiger partial charge in [-0.1, -0.05) is 31.5 Å². The zero-order chi connectivity index (χ0) is 12.5. The number of alkyl halides is 3. The molecule has 0 aliphatic heterocycles. The van der Waals surface area contributed by atoms with Gasteiger partial charge in [-0.05, 0) is 23.6 Å². The van der Waals surface area contributed by atoms with E-state index in [0.717, 1.165) is 6.07 Å². The number of halogens is 4. The largest absolute Gasteiger partial charge is 0.417 e. The molecule has 1 aromatic carbocycles. The molecule has 0 heterocycles. The standard InChI is InChI=1S/C11H13ClF3N/c1-6(2)10(16)7-3-4-8(9(12)5-7)11(13,14)15/h3-6,10H,16H2,1-2H3/t10-/m0/s1. The number of benzene rings is 1. The summed E-state index contributed by atoms with van der Waals surface area (Å²) in [7, 11) is 0. The fourth-order valence-corrected chi connectivity index (χ4v) is 1.65. The SMILES string of the molecule is CC(C)[C@H](N)c1ccc(C(F)(F)F)c(Cl)c1. The number of hydrogen-bond acceptors (Lipinski definition) is 1. The van der Waals surface area contributed by atoms with Gasteiger partial charge in [0.25, 0.3) is 0 Å². The summed E-state index contributed by atoms with van der Waals surface area (Å²) >= 11 is 5.59. The Bertz CT molecular complexity index is 374. The molecule has 90 valence electrons. The van der Waals surface area contributed by atoms with Crippen LogP contribution >= 0.6 is 11.6 Å². The van der Waals surface area contributed by atoms with E-state index >= 15 is 0 Å². The van der Waals surface area contributed by atoms with Crippen LogP contribution in [0.2, 0.25) is 5.02 Å². The lowest BCUT2D eigenvalue weighted by molar-refractivity contribution is -0.137. The van der Waals surface area contributed by atoms with Gasteiger partial charge in [-0.25, -0.2) is 0 Å². The molecule has 1 atom stereocenters. The minimum absolute atomic E-state index is 0.146. The summed E-state index contributed by atoms with van der Waals surface area (Å²) in [6.45, 7) is 3.80. The second kappa shape index (κ2) is 4.63. The van der Waals surface area contributed by atoms with Gasteiger partial charge in [0.1, 0.15) is 0 Å². The van der Waals surface area contributed by atoms with Gasteiger partial charge in [-0.2, -0.15) is 13.2 Å². The minimum Gasteiger partial charge on any atom is -0.324 e. The maximum Gasteiger partial charge on any atom is 0.417 e. The Morgan fingerprint density at radius 2 is 1.81 bits per heavy atom. The smallest absolute Gasteiger partial charge is 0.324 e. The van der Waals surface area contributed by atoms with E-state index in [1.165, 1.54) is 12.1 Å². The highest BCUT2D eigenvalue weighted by molar-refractivity contribution is 6.31. The first-order valence-corrected chi connectivity index (χ1v) is 5.23. The quantitative estimate of drug-likeness (QED) is 0.844. The molecule has 0 bridgehead atoms. The monoisotopic (exact) mass is 251 g/mol. The second-order valence-corrected chi connectivity index (χ2v) is 4.41. The van der Waals surface area contributed by atoms with E-state index in [0.29, 0.717) is 5.56 Å². The van der Waals surface area contributed by atoms with Gasteiger partial charge in [0.2, 0.25) is 0 Å². The summed E-state index contributed by atoms with van der Waals surface area (Å²) in [6.07, 6.45) is -4.42. The van der Waals surface area contributed by atoms with Crippen molar-refractivity contribution in [2.75, 3.05) is 0 Å². The van der Waals surface area contributed by atoms with Crippen LogP contribution in [0.4, 0.5) is 13.2 Å². The van der Waals surface area contributed by atoms with E-state index < -0.39 is 11.7 Å². The van der Waals surface area contributed by atoms with Crippen molar-refractivity contribution in [3.05, 3.63) is 34.3 Å². The third-order valence-corrected chi connectivity index (χ3v) is 2.71. The topological polar surface area (TPSA) is 26.0 Å². The number of hydrogen-bond donors (Lipinski definition) is 1. The van der Waals surface area contributed by atoms with Gasteiger partial charge < -0.3 is 5.73 Å². The second-order valence-electron chi connectivity index (χ2n) is 4.01. The highest BCUT2D eigenvalue weighted by Gasteiger charge is 2.33. The maximum atomic E-state index is 12.4. The third kappa shape index (κ3) is 2.89. The predicted molar refractivity (Wildman–Crippen MR) is 58.2 cm³/mol. The Hall–Kier alpha value is -0.740. The molecular weight excluding hydrogens is 239 g/mol. The summed E-state index contributed by atoms with van der Waals surface area (Å²) < 4.78 is 37.3. The molecule has 1 aromatic rings. The van der Waals surface area contributed by atoms with Gasteiger partial charge in [-0.15, -0.1) is 0 Å². The van der Waals surface area contributed by atoms with Crippen LogP contribution in [-0.4, -0.2) is 0 Å². The molecule has 0 aromatic heterocycles. The van der Waals surface area contributed by atoms with E-state index in [4.69, 9.17) is 17.3 Å². The van der Waals surface area contributed by atoms with Crippen molar-refractivity contribution < 1.29 is 13.2 Å². The average Bonchev–Trinajstić information content (AvgIpc) is 2.14. The Morgan fingerprint density at radius 3 is 2.19 bits per heavy atom. The summed E-state index contributed by atoms with van der Waals surface area (Å²) in [6, 6.07) is 3.33. The normalized spacial score (nSPS) is 14.2. The molecule has 2 N–H and O–H groups in total. The van der Waals surface area contributed by atoms with Crippen LogP contribution in [0.3, 0.4) is 0 Å². The van der Waals surface area contributed by atoms with Gasteiger partial charge in [0, 0.05) is 6.04 Å². The number of nitrogens with two attached hydrogens (primary N) is 1. The molecule has 5 heteroatoms. The molecule has 0 fully saturated rings. The van der Waals surface area contributed by atoms with E-state index in [1.54, 1.807) is 0 Å². The highest BCUT2D eigenvalue weighted by Crippen LogP contribution is 2.36. The lowest BCUT2D eigenvalue weighted by atomic mass is 9.96. The van der Waals surface area contributed by atoms with Crippen molar-refractivity contribution in [2.45, 2.75) is 26.1 Å². The van der Waals surface area contributed by atoms with Crippen molar-refractivity contribution >= 4 is 11.6 Å². The first kappa shape index (κ1) is 13.3. The van der Waals surface area contributed by atoms with Crippen molar-refractivity contribution in [1.29, 1.82) is 0 Å².